The fourth-order valence-electron chi connectivity index (χ4n) is 3.74. The molecule has 5 heteroatoms. The summed E-state index contributed by atoms with van der Waals surface area (Å²) >= 11 is 0. The van der Waals surface area contributed by atoms with Crippen LogP contribution < -0.4 is 14.8 Å². The number of likely N-dealkylation sites (tertiary alicyclic amines) is 1. The van der Waals surface area contributed by atoms with Crippen molar-refractivity contribution in [2.75, 3.05) is 33.9 Å². The average molecular weight is 383 g/mol. The molecule has 1 N–H and O–H groups in total. The lowest BCUT2D eigenvalue weighted by Gasteiger charge is -2.35. The van der Waals surface area contributed by atoms with Gasteiger partial charge in [-0.25, -0.2) is 0 Å². The van der Waals surface area contributed by atoms with E-state index in [2.05, 4.69) is 22.3 Å². The molecule has 2 aromatic rings. The van der Waals surface area contributed by atoms with Crippen molar-refractivity contribution in [2.45, 2.75) is 31.7 Å². The Morgan fingerprint density at radius 2 is 1.71 bits per heavy atom. The van der Waals surface area contributed by atoms with Crippen LogP contribution in [-0.4, -0.2) is 44.7 Å². The molecule has 1 amide bonds. The van der Waals surface area contributed by atoms with E-state index in [1.165, 1.54) is 24.8 Å². The summed E-state index contributed by atoms with van der Waals surface area (Å²) < 4.78 is 10.6. The van der Waals surface area contributed by atoms with Gasteiger partial charge in [0.15, 0.2) is 0 Å². The van der Waals surface area contributed by atoms with Crippen LogP contribution in [0.4, 0.5) is 0 Å². The molecule has 0 saturated carbocycles. The predicted octanol–water partition coefficient (Wildman–Crippen LogP) is 3.59. The molecule has 0 aliphatic carbocycles. The molecule has 28 heavy (non-hydrogen) atoms. The van der Waals surface area contributed by atoms with Gasteiger partial charge in [-0.1, -0.05) is 30.7 Å². The summed E-state index contributed by atoms with van der Waals surface area (Å²) in [4.78, 5) is 15.0. The minimum Gasteiger partial charge on any atom is -0.497 e. The second-order valence-corrected chi connectivity index (χ2v) is 7.22. The molecular weight excluding hydrogens is 352 g/mol. The second kappa shape index (κ2) is 10.1. The number of hydrogen-bond donors (Lipinski definition) is 1. The standard InChI is InChI=1S/C23H30N2O3/c1-27-20-11-9-18(10-12-20)15-23(26)24-17-22(25-13-4-3-5-14-25)19-7-6-8-21(16-19)28-2/h6-12,16,22H,3-5,13-15,17H2,1-2H3,(H,24,26). The zero-order valence-electron chi connectivity index (χ0n) is 16.8. The highest BCUT2D eigenvalue weighted by Gasteiger charge is 2.23. The van der Waals surface area contributed by atoms with Crippen LogP contribution in [0.3, 0.4) is 0 Å². The van der Waals surface area contributed by atoms with E-state index in [0.29, 0.717) is 13.0 Å². The number of piperidine rings is 1. The fraction of sp³-hybridized carbons (Fsp3) is 0.435. The van der Waals surface area contributed by atoms with Crippen molar-refractivity contribution in [3.05, 3.63) is 59.7 Å². The minimum absolute atomic E-state index is 0.0371. The molecule has 1 fully saturated rings. The Balaban J connectivity index is 1.65. The molecule has 0 radical (unpaired) electrons. The van der Waals surface area contributed by atoms with Crippen molar-refractivity contribution >= 4 is 5.91 Å². The maximum atomic E-state index is 12.5. The normalized spacial score (nSPS) is 15.6. The molecule has 150 valence electrons. The first-order valence-corrected chi connectivity index (χ1v) is 9.97. The van der Waals surface area contributed by atoms with Crippen LogP contribution in [0.15, 0.2) is 48.5 Å². The smallest absolute Gasteiger partial charge is 0.224 e. The Kier molecular flexibility index (Phi) is 7.31. The van der Waals surface area contributed by atoms with Gasteiger partial charge in [0.25, 0.3) is 0 Å². The van der Waals surface area contributed by atoms with E-state index in [1.807, 2.05) is 36.4 Å². The summed E-state index contributed by atoms with van der Waals surface area (Å²) in [6.07, 6.45) is 4.07. The largest absolute Gasteiger partial charge is 0.497 e. The predicted molar refractivity (Wildman–Crippen MR) is 111 cm³/mol. The van der Waals surface area contributed by atoms with E-state index in [1.54, 1.807) is 14.2 Å². The first-order valence-electron chi connectivity index (χ1n) is 9.97. The Labute approximate surface area is 167 Å². The molecule has 3 rings (SSSR count). The van der Waals surface area contributed by atoms with Crippen LogP contribution in [0.1, 0.15) is 36.4 Å². The Morgan fingerprint density at radius 3 is 2.39 bits per heavy atom. The van der Waals surface area contributed by atoms with Gasteiger partial charge in [0.05, 0.1) is 26.7 Å². The molecule has 1 atom stereocenters. The number of benzene rings is 2. The van der Waals surface area contributed by atoms with E-state index in [0.717, 1.165) is 30.2 Å². The summed E-state index contributed by atoms with van der Waals surface area (Å²) in [6, 6.07) is 16.0. The van der Waals surface area contributed by atoms with Gasteiger partial charge in [-0.3, -0.25) is 9.69 Å². The number of carbonyl (C=O) groups excluding carboxylic acids is 1. The highest BCUT2D eigenvalue weighted by molar-refractivity contribution is 5.78. The number of nitrogens with one attached hydrogen (secondary N) is 1. The third-order valence-corrected chi connectivity index (χ3v) is 5.33. The number of amides is 1. The van der Waals surface area contributed by atoms with Gasteiger partial charge < -0.3 is 14.8 Å². The molecule has 0 bridgehead atoms. The Bertz CT molecular complexity index is 755. The number of ether oxygens (including phenoxy) is 2. The first kappa shape index (κ1) is 20.2. The van der Waals surface area contributed by atoms with Crippen molar-refractivity contribution in [1.82, 2.24) is 10.2 Å². The molecule has 0 aromatic heterocycles. The number of nitrogens with zero attached hydrogens (tertiary/aromatic N) is 1. The van der Waals surface area contributed by atoms with Crippen molar-refractivity contribution in [2.24, 2.45) is 0 Å². The van der Waals surface area contributed by atoms with Gasteiger partial charge in [-0.2, -0.15) is 0 Å². The summed E-state index contributed by atoms with van der Waals surface area (Å²) in [5.41, 5.74) is 2.17. The summed E-state index contributed by atoms with van der Waals surface area (Å²) in [6.45, 7) is 2.73. The first-order chi connectivity index (χ1) is 13.7. The van der Waals surface area contributed by atoms with Gasteiger partial charge in [-0.05, 0) is 61.3 Å². The van der Waals surface area contributed by atoms with Crippen molar-refractivity contribution in [1.29, 1.82) is 0 Å². The van der Waals surface area contributed by atoms with Gasteiger partial charge >= 0.3 is 0 Å². The monoisotopic (exact) mass is 382 g/mol. The number of rotatable bonds is 8. The molecule has 0 spiro atoms. The maximum absolute atomic E-state index is 12.5. The van der Waals surface area contributed by atoms with E-state index in [-0.39, 0.29) is 11.9 Å². The van der Waals surface area contributed by atoms with Crippen molar-refractivity contribution in [3.63, 3.8) is 0 Å². The number of carbonyl (C=O) groups is 1. The third kappa shape index (κ3) is 5.49. The molecule has 1 heterocycles. The summed E-state index contributed by atoms with van der Waals surface area (Å²) in [5.74, 6) is 1.69. The molecule has 2 aromatic carbocycles. The van der Waals surface area contributed by atoms with Crippen LogP contribution in [-0.2, 0) is 11.2 Å². The van der Waals surface area contributed by atoms with E-state index in [4.69, 9.17) is 9.47 Å². The second-order valence-electron chi connectivity index (χ2n) is 7.22. The number of hydrogen-bond acceptors (Lipinski definition) is 4. The minimum atomic E-state index is 0.0371. The van der Waals surface area contributed by atoms with Gasteiger partial charge in [0.1, 0.15) is 11.5 Å². The van der Waals surface area contributed by atoms with Gasteiger partial charge in [0.2, 0.25) is 5.91 Å². The quantitative estimate of drug-likeness (QED) is 0.758. The zero-order valence-corrected chi connectivity index (χ0v) is 16.8. The SMILES string of the molecule is COc1ccc(CC(=O)NCC(c2cccc(OC)c2)N2CCCCC2)cc1. The van der Waals surface area contributed by atoms with Gasteiger partial charge in [0, 0.05) is 6.54 Å². The lowest BCUT2D eigenvalue weighted by atomic mass is 10.0. The van der Waals surface area contributed by atoms with Crippen molar-refractivity contribution in [3.8, 4) is 11.5 Å². The van der Waals surface area contributed by atoms with Gasteiger partial charge in [-0.15, -0.1) is 0 Å². The number of methoxy groups -OCH3 is 2. The van der Waals surface area contributed by atoms with E-state index < -0.39 is 0 Å². The van der Waals surface area contributed by atoms with E-state index >= 15 is 0 Å². The molecule has 1 saturated heterocycles. The molecule has 1 aliphatic rings. The fourth-order valence-corrected chi connectivity index (χ4v) is 3.74. The Hall–Kier alpha value is -2.53. The summed E-state index contributed by atoms with van der Waals surface area (Å²) in [5, 5.41) is 3.14. The zero-order chi connectivity index (χ0) is 19.8. The Morgan fingerprint density at radius 1 is 1.00 bits per heavy atom. The topological polar surface area (TPSA) is 50.8 Å². The maximum Gasteiger partial charge on any atom is 0.224 e. The molecule has 5 nitrogen and oxygen atoms in total. The van der Waals surface area contributed by atoms with Crippen molar-refractivity contribution < 1.29 is 14.3 Å². The van der Waals surface area contributed by atoms with Crippen LogP contribution >= 0.6 is 0 Å². The highest BCUT2D eigenvalue weighted by atomic mass is 16.5. The lowest BCUT2D eigenvalue weighted by Crippen LogP contribution is -2.41. The van der Waals surface area contributed by atoms with Crippen LogP contribution in [0.5, 0.6) is 11.5 Å². The van der Waals surface area contributed by atoms with Crippen LogP contribution in [0.25, 0.3) is 0 Å². The molecule has 1 unspecified atom stereocenters. The van der Waals surface area contributed by atoms with Crippen LogP contribution in [0.2, 0.25) is 0 Å². The molecule has 1 aliphatic heterocycles. The highest BCUT2D eigenvalue weighted by Crippen LogP contribution is 2.26. The van der Waals surface area contributed by atoms with E-state index in [9.17, 15) is 4.79 Å². The lowest BCUT2D eigenvalue weighted by molar-refractivity contribution is -0.120. The molecular formula is C23H30N2O3. The summed E-state index contributed by atoms with van der Waals surface area (Å²) in [7, 11) is 3.33. The third-order valence-electron chi connectivity index (χ3n) is 5.33. The average Bonchev–Trinajstić information content (AvgIpc) is 2.75. The van der Waals surface area contributed by atoms with Crippen LogP contribution in [0, 0.1) is 0 Å².